The number of ether oxygens (including phenoxy) is 1. The van der Waals surface area contributed by atoms with Gasteiger partial charge in [-0.2, -0.15) is 0 Å². The van der Waals surface area contributed by atoms with Gasteiger partial charge in [-0.05, 0) is 30.0 Å². The molecule has 0 fully saturated rings. The summed E-state index contributed by atoms with van der Waals surface area (Å²) in [6, 6.07) is 5.41. The van der Waals surface area contributed by atoms with Crippen molar-refractivity contribution in [2.75, 3.05) is 13.7 Å². The molecule has 1 aromatic rings. The van der Waals surface area contributed by atoms with Crippen molar-refractivity contribution >= 4 is 11.6 Å². The van der Waals surface area contributed by atoms with E-state index in [1.807, 2.05) is 19.1 Å². The molecule has 0 aromatic heterocycles. The molecule has 3 unspecified atom stereocenters. The molecule has 0 aliphatic heterocycles. The lowest BCUT2D eigenvalue weighted by atomic mass is 9.81. The molecule has 0 aliphatic carbocycles. The van der Waals surface area contributed by atoms with Gasteiger partial charge in [0.1, 0.15) is 5.75 Å². The first-order chi connectivity index (χ1) is 8.92. The van der Waals surface area contributed by atoms with Crippen LogP contribution < -0.4 is 10.5 Å². The zero-order valence-electron chi connectivity index (χ0n) is 12.1. The zero-order chi connectivity index (χ0) is 14.6. The quantitative estimate of drug-likeness (QED) is 0.845. The molecule has 0 saturated carbocycles. The second-order valence-corrected chi connectivity index (χ2v) is 5.76. The van der Waals surface area contributed by atoms with E-state index in [1.54, 1.807) is 13.2 Å². The molecule has 1 aromatic carbocycles. The van der Waals surface area contributed by atoms with E-state index in [1.165, 1.54) is 0 Å². The lowest BCUT2D eigenvalue weighted by Crippen LogP contribution is -2.33. The fourth-order valence-electron chi connectivity index (χ4n) is 2.21. The van der Waals surface area contributed by atoms with E-state index in [0.29, 0.717) is 17.5 Å². The third kappa shape index (κ3) is 3.85. The van der Waals surface area contributed by atoms with Gasteiger partial charge >= 0.3 is 0 Å². The van der Waals surface area contributed by atoms with Gasteiger partial charge in [-0.15, -0.1) is 0 Å². The molecule has 3 nitrogen and oxygen atoms in total. The number of halogens is 1. The molecule has 4 heteroatoms. The first-order valence-corrected chi connectivity index (χ1v) is 7.01. The summed E-state index contributed by atoms with van der Waals surface area (Å²) in [7, 11) is 1.61. The van der Waals surface area contributed by atoms with Crippen molar-refractivity contribution < 1.29 is 9.84 Å². The molecule has 0 heterocycles. The topological polar surface area (TPSA) is 55.5 Å². The molecule has 19 heavy (non-hydrogen) atoms. The van der Waals surface area contributed by atoms with E-state index in [4.69, 9.17) is 22.1 Å². The highest BCUT2D eigenvalue weighted by atomic mass is 35.5. The first-order valence-electron chi connectivity index (χ1n) is 6.63. The maximum Gasteiger partial charge on any atom is 0.122 e. The standard InChI is InChI=1S/C15H24ClNO2/c1-9(2)10(3)15(18)13(8-17)12-7-11(16)5-6-14(12)19-4/h5-7,9-10,13,15,18H,8,17H2,1-4H3. The number of nitrogens with two attached hydrogens (primary N) is 1. The molecule has 0 spiro atoms. The molecule has 3 N–H and O–H groups in total. The van der Waals surface area contributed by atoms with Gasteiger partial charge < -0.3 is 15.6 Å². The zero-order valence-corrected chi connectivity index (χ0v) is 12.8. The van der Waals surface area contributed by atoms with Crippen molar-refractivity contribution in [3.05, 3.63) is 28.8 Å². The van der Waals surface area contributed by atoms with Crippen molar-refractivity contribution in [1.29, 1.82) is 0 Å². The molecule has 0 radical (unpaired) electrons. The Morgan fingerprint density at radius 2 is 1.95 bits per heavy atom. The Morgan fingerprint density at radius 3 is 2.42 bits per heavy atom. The van der Waals surface area contributed by atoms with Gasteiger partial charge in [0.25, 0.3) is 0 Å². The van der Waals surface area contributed by atoms with Crippen LogP contribution in [-0.2, 0) is 0 Å². The average molecular weight is 286 g/mol. The molecule has 108 valence electrons. The third-order valence-corrected chi connectivity index (χ3v) is 4.08. The van der Waals surface area contributed by atoms with Gasteiger partial charge in [0.15, 0.2) is 0 Å². The Bertz CT molecular complexity index is 409. The summed E-state index contributed by atoms with van der Waals surface area (Å²) in [6.07, 6.45) is -0.516. The van der Waals surface area contributed by atoms with E-state index >= 15 is 0 Å². The Balaban J connectivity index is 3.12. The van der Waals surface area contributed by atoms with Crippen LogP contribution in [0.3, 0.4) is 0 Å². The van der Waals surface area contributed by atoms with Crippen LogP contribution in [0.2, 0.25) is 5.02 Å². The van der Waals surface area contributed by atoms with E-state index in [2.05, 4.69) is 13.8 Å². The van der Waals surface area contributed by atoms with Crippen LogP contribution in [-0.4, -0.2) is 24.9 Å². The fraction of sp³-hybridized carbons (Fsp3) is 0.600. The molecule has 1 rings (SSSR count). The number of hydrogen-bond acceptors (Lipinski definition) is 3. The number of aliphatic hydroxyl groups is 1. The van der Waals surface area contributed by atoms with Crippen molar-refractivity contribution in [1.82, 2.24) is 0 Å². The number of rotatable bonds is 6. The largest absolute Gasteiger partial charge is 0.496 e. The lowest BCUT2D eigenvalue weighted by Gasteiger charge is -2.30. The van der Waals surface area contributed by atoms with Crippen LogP contribution in [0.5, 0.6) is 5.75 Å². The van der Waals surface area contributed by atoms with Gasteiger partial charge in [-0.25, -0.2) is 0 Å². The summed E-state index contributed by atoms with van der Waals surface area (Å²) >= 11 is 6.04. The van der Waals surface area contributed by atoms with Gasteiger partial charge in [0, 0.05) is 23.0 Å². The summed E-state index contributed by atoms with van der Waals surface area (Å²) < 4.78 is 5.35. The predicted molar refractivity (Wildman–Crippen MR) is 79.8 cm³/mol. The molecule has 0 bridgehead atoms. The molecular weight excluding hydrogens is 262 g/mol. The van der Waals surface area contributed by atoms with Gasteiger partial charge in [0.05, 0.1) is 13.2 Å². The minimum Gasteiger partial charge on any atom is -0.496 e. The summed E-state index contributed by atoms with van der Waals surface area (Å²) in [5.41, 5.74) is 6.73. The maximum atomic E-state index is 10.5. The molecule has 0 saturated heterocycles. The highest BCUT2D eigenvalue weighted by Crippen LogP contribution is 2.34. The normalized spacial score (nSPS) is 16.2. The first kappa shape index (κ1) is 16.3. The van der Waals surface area contributed by atoms with Crippen molar-refractivity contribution in [2.24, 2.45) is 17.6 Å². The fourth-order valence-corrected chi connectivity index (χ4v) is 2.39. The van der Waals surface area contributed by atoms with Gasteiger partial charge in [-0.1, -0.05) is 32.4 Å². The Hall–Kier alpha value is -0.770. The monoisotopic (exact) mass is 285 g/mol. The second-order valence-electron chi connectivity index (χ2n) is 5.32. The van der Waals surface area contributed by atoms with E-state index in [0.717, 1.165) is 11.3 Å². The third-order valence-electron chi connectivity index (χ3n) is 3.85. The van der Waals surface area contributed by atoms with Crippen LogP contribution >= 0.6 is 11.6 Å². The van der Waals surface area contributed by atoms with Gasteiger partial charge in [-0.3, -0.25) is 0 Å². The van der Waals surface area contributed by atoms with E-state index in [-0.39, 0.29) is 11.8 Å². The summed E-state index contributed by atoms with van der Waals surface area (Å²) in [5.74, 6) is 1.08. The summed E-state index contributed by atoms with van der Waals surface area (Å²) in [5, 5.41) is 11.2. The van der Waals surface area contributed by atoms with Crippen molar-refractivity contribution in [3.63, 3.8) is 0 Å². The average Bonchev–Trinajstić information content (AvgIpc) is 2.38. The number of hydrogen-bond donors (Lipinski definition) is 2. The van der Waals surface area contributed by atoms with Crippen LogP contribution in [0.1, 0.15) is 32.3 Å². The molecule has 0 aliphatic rings. The Labute approximate surface area is 120 Å². The minimum absolute atomic E-state index is 0.150. The van der Waals surface area contributed by atoms with Crippen molar-refractivity contribution in [2.45, 2.75) is 32.8 Å². The van der Waals surface area contributed by atoms with Crippen LogP contribution in [0, 0.1) is 11.8 Å². The van der Waals surface area contributed by atoms with E-state index < -0.39 is 6.10 Å². The summed E-state index contributed by atoms with van der Waals surface area (Å²) in [6.45, 7) is 6.58. The smallest absolute Gasteiger partial charge is 0.122 e. The lowest BCUT2D eigenvalue weighted by molar-refractivity contribution is 0.0676. The predicted octanol–water partition coefficient (Wildman–Crippen LogP) is 3.04. The van der Waals surface area contributed by atoms with Crippen LogP contribution in [0.25, 0.3) is 0 Å². The number of methoxy groups -OCH3 is 1. The maximum absolute atomic E-state index is 10.5. The van der Waals surface area contributed by atoms with Crippen LogP contribution in [0.4, 0.5) is 0 Å². The SMILES string of the molecule is COc1ccc(Cl)cc1C(CN)C(O)C(C)C(C)C. The highest BCUT2D eigenvalue weighted by Gasteiger charge is 2.29. The molecule has 3 atom stereocenters. The summed E-state index contributed by atoms with van der Waals surface area (Å²) in [4.78, 5) is 0. The van der Waals surface area contributed by atoms with Crippen molar-refractivity contribution in [3.8, 4) is 5.75 Å². The number of aliphatic hydroxyl groups excluding tert-OH is 1. The minimum atomic E-state index is -0.516. The Kier molecular flexibility index (Phi) is 6.11. The van der Waals surface area contributed by atoms with E-state index in [9.17, 15) is 5.11 Å². The second kappa shape index (κ2) is 7.13. The van der Waals surface area contributed by atoms with Crippen LogP contribution in [0.15, 0.2) is 18.2 Å². The number of benzene rings is 1. The molecular formula is C15H24ClNO2. The van der Waals surface area contributed by atoms with Gasteiger partial charge in [0.2, 0.25) is 0 Å². The highest BCUT2D eigenvalue weighted by molar-refractivity contribution is 6.30. The molecule has 0 amide bonds. The Morgan fingerprint density at radius 1 is 1.32 bits per heavy atom.